The molecule has 6 N–H and O–H groups in total. The van der Waals surface area contributed by atoms with Gasteiger partial charge in [0.25, 0.3) is 5.91 Å². The summed E-state index contributed by atoms with van der Waals surface area (Å²) in [6.07, 6.45) is 2.78. The Kier molecular flexibility index (Phi) is 11.9. The Bertz CT molecular complexity index is 2140. The number of phenolic OH excluding ortho intramolecular Hbond substituents is 1. The van der Waals surface area contributed by atoms with Crippen LogP contribution in [0.2, 0.25) is 0 Å². The predicted octanol–water partition coefficient (Wildman–Crippen LogP) is 4.88. The Morgan fingerprint density at radius 3 is 2.67 bits per heavy atom. The number of H-pyrrole nitrogens is 1. The molecule has 282 valence electrons. The van der Waals surface area contributed by atoms with E-state index in [9.17, 15) is 24.6 Å². The van der Waals surface area contributed by atoms with E-state index in [2.05, 4.69) is 44.0 Å². The molecule has 3 aromatic carbocycles. The second-order valence-corrected chi connectivity index (χ2v) is 15.4. The number of esters is 1. The van der Waals surface area contributed by atoms with Gasteiger partial charge >= 0.3 is 5.97 Å². The Hall–Kier alpha value is -4.85. The van der Waals surface area contributed by atoms with Gasteiger partial charge in [-0.2, -0.15) is 0 Å². The second-order valence-electron chi connectivity index (χ2n) is 14.2. The number of aromatic amines is 1. The lowest BCUT2D eigenvalue weighted by atomic mass is 9.91. The van der Waals surface area contributed by atoms with Gasteiger partial charge in [0.2, 0.25) is 5.56 Å². The first kappa shape index (κ1) is 37.5. The van der Waals surface area contributed by atoms with Crippen LogP contribution in [-0.4, -0.2) is 70.8 Å². The molecule has 3 atom stereocenters. The molecule has 1 amide bonds. The third-order valence-corrected chi connectivity index (χ3v) is 11.6. The number of carbonyl (C=O) groups is 2. The number of aromatic hydroxyl groups is 1. The van der Waals surface area contributed by atoms with Crippen LogP contribution < -0.4 is 21.5 Å². The number of amides is 1. The summed E-state index contributed by atoms with van der Waals surface area (Å²) in [4.78, 5) is 45.3. The van der Waals surface area contributed by atoms with E-state index in [0.717, 1.165) is 54.8 Å². The number of carbonyl (C=O) groups excluding carboxylic acids is 2. The van der Waals surface area contributed by atoms with Crippen molar-refractivity contribution in [3.8, 4) is 5.75 Å². The number of nitrogens with zero attached hydrogens (tertiary/aromatic N) is 1. The SMILES string of the molecule is O=C(NCCCCNC[C@H](O)c1ccc(O)c2[nH]c(=O)ccc12)c1ccc(CNC2(C(=O)O[C@@H]3CCN(Cc4ccccc4)C3)CCc3ccccc32)s1. The highest BCUT2D eigenvalue weighted by molar-refractivity contribution is 7.14. The third kappa shape index (κ3) is 8.59. The number of aromatic nitrogens is 1. The highest BCUT2D eigenvalue weighted by Crippen LogP contribution is 2.39. The Labute approximate surface area is 318 Å². The van der Waals surface area contributed by atoms with Gasteiger partial charge in [-0.3, -0.25) is 19.8 Å². The maximum Gasteiger partial charge on any atom is 0.331 e. The first-order chi connectivity index (χ1) is 26.3. The molecule has 1 unspecified atom stereocenters. The Morgan fingerprint density at radius 2 is 1.80 bits per heavy atom. The van der Waals surface area contributed by atoms with Crippen molar-refractivity contribution < 1.29 is 24.5 Å². The van der Waals surface area contributed by atoms with Crippen molar-refractivity contribution in [2.24, 2.45) is 0 Å². The lowest BCUT2D eigenvalue weighted by Crippen LogP contribution is -2.49. The maximum atomic E-state index is 14.1. The van der Waals surface area contributed by atoms with Crippen LogP contribution in [0.5, 0.6) is 5.75 Å². The molecule has 1 saturated heterocycles. The van der Waals surface area contributed by atoms with E-state index in [1.54, 1.807) is 12.1 Å². The molecule has 7 rings (SSSR count). The van der Waals surface area contributed by atoms with Gasteiger partial charge in [0.1, 0.15) is 17.4 Å². The predicted molar refractivity (Wildman–Crippen MR) is 209 cm³/mol. The van der Waals surface area contributed by atoms with Gasteiger partial charge in [0.05, 0.1) is 16.5 Å². The Morgan fingerprint density at radius 1 is 0.981 bits per heavy atom. The smallest absolute Gasteiger partial charge is 0.331 e. The second kappa shape index (κ2) is 17.1. The quantitative estimate of drug-likeness (QED) is 0.0612. The van der Waals surface area contributed by atoms with Gasteiger partial charge in [-0.25, -0.2) is 4.79 Å². The normalized spacial score (nSPS) is 18.8. The molecule has 0 bridgehead atoms. The zero-order valence-electron chi connectivity index (χ0n) is 30.2. The first-order valence-corrected chi connectivity index (χ1v) is 19.5. The Balaban J connectivity index is 0.865. The standard InChI is InChI=1S/C42H47N5O6S/c48-35-15-13-32(33-14-17-38(50)46-39(33)35)36(49)25-43-21-6-7-22-44-40(51)37-16-12-31(54-37)24-45-42(20-18-29-10-4-5-11-34(29)42)41(52)53-30-19-23-47(27-30)26-28-8-2-1-3-9-28/h1-5,8-17,30,36,43,45,48-49H,6-7,18-27H2,(H,44,51)(H,46,50)/t30-,36+,42?/m1/s1. The number of unbranched alkanes of at least 4 members (excludes halogenated alkanes) is 1. The van der Waals surface area contributed by atoms with Gasteiger partial charge in [0.15, 0.2) is 0 Å². The van der Waals surface area contributed by atoms with Crippen molar-refractivity contribution in [3.63, 3.8) is 0 Å². The van der Waals surface area contributed by atoms with Crippen molar-refractivity contribution >= 4 is 34.1 Å². The summed E-state index contributed by atoms with van der Waals surface area (Å²) in [6.45, 7) is 4.33. The van der Waals surface area contributed by atoms with E-state index in [4.69, 9.17) is 4.74 Å². The summed E-state index contributed by atoms with van der Waals surface area (Å²) in [6, 6.07) is 28.3. The molecule has 0 saturated carbocycles. The van der Waals surface area contributed by atoms with Gasteiger partial charge < -0.3 is 30.6 Å². The number of rotatable bonds is 16. The lowest BCUT2D eigenvalue weighted by molar-refractivity contribution is -0.157. The summed E-state index contributed by atoms with van der Waals surface area (Å²) in [5.74, 6) is -0.409. The zero-order chi connectivity index (χ0) is 37.5. The number of hydrogen-bond acceptors (Lipinski definition) is 10. The van der Waals surface area contributed by atoms with Crippen molar-refractivity contribution in [1.29, 1.82) is 0 Å². The minimum Gasteiger partial charge on any atom is -0.506 e. The van der Waals surface area contributed by atoms with Crippen LogP contribution >= 0.6 is 11.3 Å². The van der Waals surface area contributed by atoms with Crippen LogP contribution in [0.25, 0.3) is 10.9 Å². The number of benzene rings is 3. The number of aryl methyl sites for hydroxylation is 1. The molecule has 0 radical (unpaired) electrons. The molecule has 0 spiro atoms. The summed E-state index contributed by atoms with van der Waals surface area (Å²) < 4.78 is 6.25. The summed E-state index contributed by atoms with van der Waals surface area (Å²) >= 11 is 1.42. The first-order valence-electron chi connectivity index (χ1n) is 18.7. The number of pyridine rings is 1. The number of phenols is 1. The number of ether oxygens (including phenoxy) is 1. The van der Waals surface area contributed by atoms with Crippen LogP contribution in [-0.2, 0) is 34.6 Å². The fourth-order valence-corrected chi connectivity index (χ4v) is 8.47. The molecule has 2 aromatic heterocycles. The molecule has 1 aliphatic heterocycles. The maximum absolute atomic E-state index is 14.1. The number of fused-ring (bicyclic) bond motifs is 2. The van der Waals surface area contributed by atoms with Crippen LogP contribution in [0.3, 0.4) is 0 Å². The minimum atomic E-state index is -0.946. The lowest BCUT2D eigenvalue weighted by Gasteiger charge is -2.31. The van der Waals surface area contributed by atoms with Crippen molar-refractivity contribution in [3.05, 3.63) is 133 Å². The number of aliphatic hydroxyl groups is 1. The van der Waals surface area contributed by atoms with E-state index in [1.807, 2.05) is 48.5 Å². The summed E-state index contributed by atoms with van der Waals surface area (Å²) in [5, 5.41) is 31.3. The molecule has 3 heterocycles. The average Bonchev–Trinajstić information content (AvgIpc) is 3.94. The molecule has 2 aliphatic rings. The van der Waals surface area contributed by atoms with Crippen LogP contribution in [0, 0.1) is 0 Å². The molecular weight excluding hydrogens is 703 g/mol. The van der Waals surface area contributed by atoms with Crippen molar-refractivity contribution in [1.82, 2.24) is 25.8 Å². The zero-order valence-corrected chi connectivity index (χ0v) is 31.0. The van der Waals surface area contributed by atoms with E-state index < -0.39 is 11.6 Å². The number of likely N-dealkylation sites (tertiary alicyclic amines) is 1. The molecule has 54 heavy (non-hydrogen) atoms. The topological polar surface area (TPSA) is 156 Å². The van der Waals surface area contributed by atoms with Crippen LogP contribution in [0.4, 0.5) is 0 Å². The highest BCUT2D eigenvalue weighted by atomic mass is 32.1. The molecule has 1 fully saturated rings. The molecular formula is C42H47N5O6S. The van der Waals surface area contributed by atoms with Gasteiger partial charge in [-0.1, -0.05) is 60.7 Å². The summed E-state index contributed by atoms with van der Waals surface area (Å²) in [5.41, 5.74) is 3.02. The number of hydrogen-bond donors (Lipinski definition) is 6. The fraction of sp³-hybridized carbons (Fsp3) is 0.357. The average molecular weight is 750 g/mol. The van der Waals surface area contributed by atoms with Crippen LogP contribution in [0.15, 0.2) is 95.8 Å². The van der Waals surface area contributed by atoms with Gasteiger partial charge in [-0.15, -0.1) is 11.3 Å². The van der Waals surface area contributed by atoms with Crippen LogP contribution in [0.1, 0.15) is 68.6 Å². The van der Waals surface area contributed by atoms with Crippen molar-refractivity contribution in [2.75, 3.05) is 32.7 Å². The van der Waals surface area contributed by atoms with Gasteiger partial charge in [-0.05, 0) is 85.2 Å². The number of nitrogens with one attached hydrogen (secondary N) is 4. The largest absolute Gasteiger partial charge is 0.506 e. The molecule has 1 aliphatic carbocycles. The molecule has 11 nitrogen and oxygen atoms in total. The summed E-state index contributed by atoms with van der Waals surface area (Å²) in [7, 11) is 0. The fourth-order valence-electron chi connectivity index (χ4n) is 7.61. The molecule has 12 heteroatoms. The van der Waals surface area contributed by atoms with Gasteiger partial charge in [0, 0.05) is 55.6 Å². The monoisotopic (exact) mass is 749 g/mol. The van der Waals surface area contributed by atoms with E-state index in [-0.39, 0.29) is 29.3 Å². The van der Waals surface area contributed by atoms with Crippen molar-refractivity contribution in [2.45, 2.75) is 62.9 Å². The molecule has 5 aromatic rings. The third-order valence-electron chi connectivity index (χ3n) is 10.5. The van der Waals surface area contributed by atoms with E-state index >= 15 is 0 Å². The van der Waals surface area contributed by atoms with E-state index in [1.165, 1.54) is 29.0 Å². The number of thiophene rings is 1. The highest BCUT2D eigenvalue weighted by Gasteiger charge is 2.47. The minimum absolute atomic E-state index is 0.0453. The number of aliphatic hydroxyl groups excluding tert-OH is 1. The van der Waals surface area contributed by atoms with E-state index in [0.29, 0.717) is 60.5 Å².